The van der Waals surface area contributed by atoms with Gasteiger partial charge in [0.15, 0.2) is 6.79 Å². The summed E-state index contributed by atoms with van der Waals surface area (Å²) in [6, 6.07) is 17.0. The summed E-state index contributed by atoms with van der Waals surface area (Å²) < 4.78 is 39.8. The van der Waals surface area contributed by atoms with Gasteiger partial charge in [-0.15, -0.1) is 0 Å². The second-order valence-corrected chi connectivity index (χ2v) is 13.8. The largest absolute Gasteiger partial charge is 0.468 e. The van der Waals surface area contributed by atoms with E-state index in [1.165, 1.54) is 56.1 Å². The molecule has 7 heteroatoms. The first-order valence-electron chi connectivity index (χ1n) is 17.8. The lowest BCUT2D eigenvalue weighted by molar-refractivity contribution is -0.128. The third-order valence-electron chi connectivity index (χ3n) is 11.0. The maximum absolute atomic E-state index is 6.28. The van der Waals surface area contributed by atoms with Crippen molar-refractivity contribution in [1.82, 2.24) is 0 Å². The lowest BCUT2D eigenvalue weighted by Crippen LogP contribution is -2.47. The Hall–Kier alpha value is -2.00. The predicted molar refractivity (Wildman–Crippen MR) is 180 cm³/mol. The summed E-state index contributed by atoms with van der Waals surface area (Å²) >= 11 is 0. The van der Waals surface area contributed by atoms with Gasteiger partial charge in [0.1, 0.15) is 12.5 Å². The molecule has 2 aromatic rings. The van der Waals surface area contributed by atoms with Gasteiger partial charge >= 0.3 is 0 Å². The first kappa shape index (κ1) is 35.3. The highest BCUT2D eigenvalue weighted by atomic mass is 16.7. The highest BCUT2D eigenvalue weighted by Crippen LogP contribution is 2.63. The van der Waals surface area contributed by atoms with Crippen LogP contribution in [-0.2, 0) is 41.4 Å². The van der Waals surface area contributed by atoms with Crippen LogP contribution in [0.2, 0.25) is 0 Å². The Morgan fingerprint density at radius 3 is 2.33 bits per heavy atom. The number of benzene rings is 2. The topological polar surface area (TPSA) is 64.6 Å². The second-order valence-electron chi connectivity index (χ2n) is 13.8. The fraction of sp³-hybridized carbons (Fsp3) is 0.692. The van der Waals surface area contributed by atoms with Crippen LogP contribution >= 0.6 is 0 Å². The molecule has 0 spiro atoms. The lowest BCUT2D eigenvalue weighted by atomic mass is 9.52. The van der Waals surface area contributed by atoms with E-state index in [-0.39, 0.29) is 5.41 Å². The predicted octanol–water partition coefficient (Wildman–Crippen LogP) is 7.94. The third-order valence-corrected chi connectivity index (χ3v) is 11.0. The van der Waals surface area contributed by atoms with Gasteiger partial charge in [-0.05, 0) is 103 Å². The number of ether oxygens (including phenoxy) is 7. The maximum atomic E-state index is 6.28. The second kappa shape index (κ2) is 18.5. The van der Waals surface area contributed by atoms with E-state index in [9.17, 15) is 0 Å². The summed E-state index contributed by atoms with van der Waals surface area (Å²) in [5.41, 5.74) is 4.49. The monoisotopic (exact) mass is 638 g/mol. The minimum absolute atomic E-state index is 0.243. The third kappa shape index (κ3) is 9.33. The molecule has 3 aliphatic rings. The molecule has 0 amide bonds. The molecule has 2 saturated carbocycles. The van der Waals surface area contributed by atoms with E-state index < -0.39 is 0 Å². The van der Waals surface area contributed by atoms with Gasteiger partial charge in [-0.2, -0.15) is 0 Å². The van der Waals surface area contributed by atoms with Crippen LogP contribution in [0, 0.1) is 23.2 Å². The van der Waals surface area contributed by atoms with E-state index in [1.807, 2.05) is 18.2 Å². The van der Waals surface area contributed by atoms with Gasteiger partial charge in [-0.3, -0.25) is 0 Å². The number of rotatable bonds is 21. The summed E-state index contributed by atoms with van der Waals surface area (Å²) in [4.78, 5) is 0. The Morgan fingerprint density at radius 1 is 0.761 bits per heavy atom. The molecule has 46 heavy (non-hydrogen) atoms. The molecule has 7 nitrogen and oxygen atoms in total. The Bertz CT molecular complexity index is 1140. The van der Waals surface area contributed by atoms with Crippen molar-refractivity contribution in [2.45, 2.75) is 89.8 Å². The zero-order valence-corrected chi connectivity index (χ0v) is 28.6. The lowest BCUT2D eigenvalue weighted by Gasteiger charge is -2.53. The fourth-order valence-electron chi connectivity index (χ4n) is 8.81. The normalized spacial score (nSPS) is 26.8. The molecule has 0 radical (unpaired) electrons. The van der Waals surface area contributed by atoms with E-state index in [1.54, 1.807) is 19.8 Å². The Balaban J connectivity index is 1.04. The van der Waals surface area contributed by atoms with Crippen molar-refractivity contribution < 1.29 is 33.2 Å². The van der Waals surface area contributed by atoms with Gasteiger partial charge in [0, 0.05) is 20.8 Å². The van der Waals surface area contributed by atoms with Crippen molar-refractivity contribution in [3.05, 3.63) is 65.2 Å². The quantitative estimate of drug-likeness (QED) is 0.102. The van der Waals surface area contributed by atoms with Gasteiger partial charge in [-0.25, -0.2) is 0 Å². The molecule has 2 aromatic carbocycles. The summed E-state index contributed by atoms with van der Waals surface area (Å²) in [5, 5.41) is 0. The molecule has 0 saturated heterocycles. The van der Waals surface area contributed by atoms with Crippen LogP contribution in [0.15, 0.2) is 48.5 Å². The summed E-state index contributed by atoms with van der Waals surface area (Å²) in [6.07, 6.45) is 12.5. The standard InChI is InChI=1S/C39H58O7/c1-39-19-18-35-34-15-14-33(45-28-40-2)26-32(34)25-31(38(35)36(39)16-17-37(39)46-29-41-3)13-9-4-5-10-20-42-21-22-43-23-24-44-27-30-11-7-6-8-12-30/h6-8,11-12,14-15,26,31,35-38H,4-5,9-10,13,16-25,27-29H2,1-3H3. The van der Waals surface area contributed by atoms with Gasteiger partial charge in [0.25, 0.3) is 0 Å². The number of methoxy groups -OCH3 is 2. The minimum atomic E-state index is 0.243. The van der Waals surface area contributed by atoms with Gasteiger partial charge in [0.2, 0.25) is 0 Å². The van der Waals surface area contributed by atoms with Gasteiger partial charge < -0.3 is 33.2 Å². The number of hydrogen-bond donors (Lipinski definition) is 0. The number of hydrogen-bond acceptors (Lipinski definition) is 7. The van der Waals surface area contributed by atoms with Crippen molar-refractivity contribution in [1.29, 1.82) is 0 Å². The first-order chi connectivity index (χ1) is 22.6. The average Bonchev–Trinajstić information content (AvgIpc) is 3.42. The van der Waals surface area contributed by atoms with Crippen LogP contribution < -0.4 is 4.74 Å². The van der Waals surface area contributed by atoms with Crippen molar-refractivity contribution in [2.75, 3.05) is 60.8 Å². The highest BCUT2D eigenvalue weighted by molar-refractivity contribution is 5.41. The Kier molecular flexibility index (Phi) is 14.2. The molecule has 256 valence electrons. The molecule has 0 aromatic heterocycles. The van der Waals surface area contributed by atoms with E-state index in [0.717, 1.165) is 37.5 Å². The fourth-order valence-corrected chi connectivity index (χ4v) is 8.81. The molecule has 6 unspecified atom stereocenters. The zero-order valence-electron chi connectivity index (χ0n) is 28.6. The van der Waals surface area contributed by atoms with Crippen molar-refractivity contribution in [2.24, 2.45) is 23.2 Å². The van der Waals surface area contributed by atoms with Crippen LogP contribution in [0.4, 0.5) is 0 Å². The average molecular weight is 639 g/mol. The summed E-state index contributed by atoms with van der Waals surface area (Å²) in [7, 11) is 3.41. The van der Waals surface area contributed by atoms with Gasteiger partial charge in [-0.1, -0.05) is 62.6 Å². The van der Waals surface area contributed by atoms with Gasteiger partial charge in [0.05, 0.1) is 39.1 Å². The minimum Gasteiger partial charge on any atom is -0.468 e. The van der Waals surface area contributed by atoms with Crippen LogP contribution in [0.3, 0.4) is 0 Å². The van der Waals surface area contributed by atoms with E-state index in [0.29, 0.717) is 70.5 Å². The number of fused-ring (bicyclic) bond motifs is 5. The van der Waals surface area contributed by atoms with E-state index >= 15 is 0 Å². The van der Waals surface area contributed by atoms with E-state index in [4.69, 9.17) is 33.2 Å². The molecule has 5 rings (SSSR count). The van der Waals surface area contributed by atoms with Crippen LogP contribution in [-0.4, -0.2) is 66.9 Å². The molecule has 0 heterocycles. The Labute approximate surface area is 277 Å². The van der Waals surface area contributed by atoms with Crippen LogP contribution in [0.1, 0.15) is 87.3 Å². The summed E-state index contributed by atoms with van der Waals surface area (Å²) in [5.74, 6) is 3.69. The van der Waals surface area contributed by atoms with Crippen molar-refractivity contribution in [3.63, 3.8) is 0 Å². The highest BCUT2D eigenvalue weighted by Gasteiger charge is 2.57. The molecule has 3 aliphatic carbocycles. The van der Waals surface area contributed by atoms with Crippen LogP contribution in [0.5, 0.6) is 5.75 Å². The zero-order chi connectivity index (χ0) is 32.0. The molecular weight excluding hydrogens is 580 g/mol. The molecular formula is C39H58O7. The first-order valence-corrected chi connectivity index (χ1v) is 17.8. The number of unbranched alkanes of at least 4 members (excludes halogenated alkanes) is 3. The molecule has 2 fully saturated rings. The maximum Gasteiger partial charge on any atom is 0.188 e. The Morgan fingerprint density at radius 2 is 1.52 bits per heavy atom. The molecule has 0 bridgehead atoms. The smallest absolute Gasteiger partial charge is 0.188 e. The van der Waals surface area contributed by atoms with Crippen LogP contribution in [0.25, 0.3) is 0 Å². The van der Waals surface area contributed by atoms with Crippen molar-refractivity contribution >= 4 is 0 Å². The van der Waals surface area contributed by atoms with E-state index in [2.05, 4.69) is 37.3 Å². The summed E-state index contributed by atoms with van der Waals surface area (Å²) in [6.45, 7) is 7.12. The van der Waals surface area contributed by atoms with Crippen molar-refractivity contribution in [3.8, 4) is 5.75 Å². The molecule has 0 N–H and O–H groups in total. The molecule has 0 aliphatic heterocycles. The molecule has 6 atom stereocenters. The SMILES string of the molecule is COCOc1ccc2c(c1)CC(CCCCCCOCCOCCOCc1ccccc1)C1C2CCC2(C)C(OCOC)CCC12.